The fraction of sp³-hybridized carbons (Fsp3) is 0.645. The van der Waals surface area contributed by atoms with Gasteiger partial charge in [0.2, 0.25) is 17.7 Å². The third kappa shape index (κ3) is 62.9. The van der Waals surface area contributed by atoms with E-state index in [4.69, 9.17) is 62.5 Å². The van der Waals surface area contributed by atoms with Gasteiger partial charge in [-0.1, -0.05) is 39.8 Å². The minimum absolute atomic E-state index is 0. The van der Waals surface area contributed by atoms with Gasteiger partial charge in [-0.2, -0.15) is 0 Å². The molecule has 0 radical (unpaired) electrons. The molecule has 25 nitrogen and oxygen atoms in total. The van der Waals surface area contributed by atoms with Crippen LogP contribution in [0.4, 0.5) is 9.59 Å². The Morgan fingerprint density at radius 1 is 0.574 bits per heavy atom. The zero-order chi connectivity index (χ0) is 78.0. The summed E-state index contributed by atoms with van der Waals surface area (Å²) in [5, 5.41) is 25.8. The third-order valence-corrected chi connectivity index (χ3v) is 12.8. The number of amides is 5. The van der Waals surface area contributed by atoms with Crippen LogP contribution in [0.2, 0.25) is 0 Å². The van der Waals surface area contributed by atoms with Crippen molar-refractivity contribution in [2.45, 2.75) is 235 Å². The Labute approximate surface area is 712 Å². The van der Waals surface area contributed by atoms with Crippen LogP contribution in [0.3, 0.4) is 0 Å². The molecule has 0 aromatic carbocycles. The van der Waals surface area contributed by atoms with Crippen molar-refractivity contribution in [3.05, 3.63) is 71.3 Å². The Hall–Kier alpha value is 0.443. The first kappa shape index (κ1) is 112. The van der Waals surface area contributed by atoms with E-state index < -0.39 is 112 Å². The molecule has 0 unspecified atom stereocenters. The first-order valence-corrected chi connectivity index (χ1v) is 64.2. The Balaban J connectivity index is -0.000000341. The molecule has 5 amide bonds. The fourth-order valence-electron chi connectivity index (χ4n) is 6.18. The molecule has 0 aliphatic rings. The number of carboxylic acid groups (broad SMARTS) is 1. The Kier molecular flexibility index (Phi) is 64.9. The summed E-state index contributed by atoms with van der Waals surface area (Å²) in [6.07, 6.45) is 4.22. The van der Waals surface area contributed by atoms with E-state index in [1.807, 2.05) is 13.8 Å². The summed E-state index contributed by atoms with van der Waals surface area (Å²) in [6.45, 7) is 33.8. The topological polar surface area (TPSA) is 358 Å². The molecule has 8 N–H and O–H groups in total. The second-order valence-corrected chi connectivity index (χ2v) is 87.7. The van der Waals surface area contributed by atoms with Gasteiger partial charge in [-0.05, 0) is 148 Å². The molecule has 4 atom stereocenters. The molecular formula is C62H102Cl2I7N8O17S2V3-2. The number of aliphatic carboxylic acids is 1. The van der Waals surface area contributed by atoms with E-state index in [1.54, 1.807) is 132 Å². The number of ether oxygens (including phenoxy) is 6. The van der Waals surface area contributed by atoms with E-state index in [-0.39, 0.29) is 74.8 Å². The van der Waals surface area contributed by atoms with Crippen LogP contribution in [0.15, 0.2) is 35.1 Å². The molecule has 0 saturated carbocycles. The van der Waals surface area contributed by atoms with Crippen LogP contribution in [-0.2, 0) is 94.1 Å². The van der Waals surface area contributed by atoms with E-state index in [1.165, 1.54) is 50.4 Å². The van der Waals surface area contributed by atoms with Crippen molar-refractivity contribution in [3.8, 4) is 0 Å². The molecule has 0 fully saturated rings. The molecule has 0 bridgehead atoms. The SMILES string of the molecule is CC(C)(C)OC(=O)NC(C)(C)C(=O)O.CC(C)[C@H](N)C(=O)O[C@H](/C=C/CCCl)CC(=O)NCc1nc(C(=O)OC(C)(C)C)cs1.CC(C)[C@H](NC(=O)C(C)(C)NC(=O)OC(C)(C)C)C(=O)O[C@H](/C=C/CCCl)CC(=O)NCc1nc(C(=O)OC(C)(C)C)cs1.[CH3-].[CH3-].[I][V]([I])[I].[I][V][I].[I][V][I]. The second kappa shape index (κ2) is 58.4. The predicted octanol–water partition coefficient (Wildman–Crippen LogP) is 16.3. The quantitative estimate of drug-likeness (QED) is 0.0109. The van der Waals surface area contributed by atoms with Gasteiger partial charge in [0.05, 0.1) is 25.9 Å². The maximum absolute atomic E-state index is 13.2. The zero-order valence-corrected chi connectivity index (χ0v) is 83.5. The van der Waals surface area contributed by atoms with E-state index >= 15 is 0 Å². The molecule has 0 aliphatic carbocycles. The average molecular weight is 2410 g/mol. The summed E-state index contributed by atoms with van der Waals surface area (Å²) in [7, 11) is 1.25. The van der Waals surface area contributed by atoms with Crippen LogP contribution in [-0.4, -0.2) is 144 Å². The summed E-state index contributed by atoms with van der Waals surface area (Å²) in [4.78, 5) is 130. The molecule has 0 spiro atoms. The van der Waals surface area contributed by atoms with Crippen LogP contribution < -0.4 is 32.3 Å². The van der Waals surface area contributed by atoms with Gasteiger partial charge in [0.15, 0.2) is 11.4 Å². The zero-order valence-electron chi connectivity index (χ0n) is 61.1. The number of hydrogen-bond acceptors (Lipinski definition) is 21. The number of allylic oxidation sites excluding steroid dienone is 2. The van der Waals surface area contributed by atoms with Crippen molar-refractivity contribution in [3.63, 3.8) is 0 Å². The first-order valence-electron chi connectivity index (χ1n) is 29.9. The molecule has 0 aliphatic heterocycles. The van der Waals surface area contributed by atoms with Gasteiger partial charge in [0, 0.05) is 22.5 Å². The number of rotatable bonds is 27. The number of carbonyl (C=O) groups is 10. The summed E-state index contributed by atoms with van der Waals surface area (Å²) in [5.74, 6) is -4.60. The van der Waals surface area contributed by atoms with E-state index in [0.29, 0.717) is 53.5 Å². The van der Waals surface area contributed by atoms with E-state index in [2.05, 4.69) is 176 Å². The number of nitrogens with one attached hydrogen (secondary N) is 5. The summed E-state index contributed by atoms with van der Waals surface area (Å²) < 4.78 is 31.8. The predicted molar refractivity (Wildman–Crippen MR) is 451 cm³/mol. The summed E-state index contributed by atoms with van der Waals surface area (Å²) in [6, 6.07) is -1.84. The van der Waals surface area contributed by atoms with Gasteiger partial charge in [0.1, 0.15) is 67.8 Å². The number of alkyl carbamates (subject to hydrolysis) is 2. The molecule has 2 heterocycles. The molecular weight excluding hydrogens is 2300 g/mol. The second-order valence-electron chi connectivity index (χ2n) is 26.1. The summed E-state index contributed by atoms with van der Waals surface area (Å²) in [5.41, 5.74) is 0.784. The number of carbonyl (C=O) groups excluding carboxylic acids is 9. The van der Waals surface area contributed by atoms with E-state index in [0.717, 1.165) is 0 Å². The van der Waals surface area contributed by atoms with Gasteiger partial charge < -0.3 is 80.7 Å². The minimum atomic E-state index is -1.41. The van der Waals surface area contributed by atoms with Crippen LogP contribution in [0.5, 0.6) is 0 Å². The monoisotopic (exact) mass is 2410 g/mol. The number of nitrogens with zero attached hydrogens (tertiary/aromatic N) is 2. The van der Waals surface area contributed by atoms with Gasteiger partial charge in [-0.25, -0.2) is 38.7 Å². The number of alkyl halides is 2. The maximum atomic E-state index is 13.2. The normalized spacial score (nSPS) is 12.5. The van der Waals surface area contributed by atoms with Gasteiger partial charge in [-0.15, -0.1) is 45.9 Å². The number of hydrogen-bond donors (Lipinski definition) is 7. The molecule has 2 aromatic rings. The molecule has 101 heavy (non-hydrogen) atoms. The number of aromatic nitrogens is 2. The number of esters is 4. The van der Waals surface area contributed by atoms with Crippen molar-refractivity contribution < 1.29 is 105 Å². The van der Waals surface area contributed by atoms with Gasteiger partial charge in [0.25, 0.3) is 0 Å². The Morgan fingerprint density at radius 3 is 1.18 bits per heavy atom. The van der Waals surface area contributed by atoms with Crippen molar-refractivity contribution in [1.29, 1.82) is 0 Å². The fourth-order valence-corrected chi connectivity index (χ4v) is 7.84. The van der Waals surface area contributed by atoms with Crippen molar-refractivity contribution in [1.82, 2.24) is 36.6 Å². The Morgan fingerprint density at radius 2 is 0.891 bits per heavy atom. The first-order chi connectivity index (χ1) is 45.2. The number of thiazole rings is 2. The van der Waals surface area contributed by atoms with Crippen LogP contribution in [0.25, 0.3) is 0 Å². The van der Waals surface area contributed by atoms with Crippen LogP contribution in [0, 0.1) is 26.7 Å². The molecule has 584 valence electrons. The molecule has 0 saturated heterocycles. The number of carboxylic acids is 1. The van der Waals surface area contributed by atoms with E-state index in [9.17, 15) is 47.9 Å². The third-order valence-electron chi connectivity index (χ3n) is 10.7. The standard InChI is InChI=1S/C30H47ClN4O8S.C21H32ClN3O5S.C9H17NO4.2CH3.7HI.3V/c1-18(2)23(34-26(39)30(9,10)35-27(40)43-29(6,7)8)25(38)41-19(13-11-12-14-31)15-21(36)32-16-22-33-20(17-44-22)24(37)42-28(3,4)5;1-13(2)18(23)20(28)29-14(8-6-7-9-22)10-16(26)24-11-17-25-15(12-31-17)19(27)30-21(3,4)5;1-8(2,3)14-7(13)10-9(4,5)6(11)12;;;;;;;;;;;;/h11,13,17-19,23H,12,14-16H2,1-10H3,(H,32,36)(H,34,39)(H,35,40);6,8,12-14,18H,7,9-11,23H2,1-5H3,(H,24,26);1-5H3,(H,10,13)(H,11,12);2*1H3;7*1H;;;/q;;;2*-1;;;;;;;;2*+2;+3/p-7/b13-11+;8-6+;;;;;;;;;;;;;/t19-,23+;14-,18+;;;;;;;;;;;;;/m11............./s1. The molecule has 2 rings (SSSR count). The molecule has 2 aromatic heterocycles. The summed E-state index contributed by atoms with van der Waals surface area (Å²) >= 11 is 30.7. The van der Waals surface area contributed by atoms with Crippen LogP contribution >= 0.6 is 186 Å². The van der Waals surface area contributed by atoms with Gasteiger partial charge in [-0.3, -0.25) is 19.2 Å². The Bertz CT molecular complexity index is 2860. The average Bonchev–Trinajstić information content (AvgIpc) is 1.14. The van der Waals surface area contributed by atoms with Crippen molar-refractivity contribution >= 4 is 245 Å². The number of halogens is 9. The van der Waals surface area contributed by atoms with Gasteiger partial charge >= 0.3 is 206 Å². The molecule has 39 heteroatoms. The number of nitrogens with two attached hydrogens (primary N) is 1. The van der Waals surface area contributed by atoms with Crippen LogP contribution in [0.1, 0.15) is 195 Å². The van der Waals surface area contributed by atoms with Crippen molar-refractivity contribution in [2.24, 2.45) is 17.6 Å². The van der Waals surface area contributed by atoms with Crippen molar-refractivity contribution in [2.75, 3.05) is 11.8 Å².